The highest BCUT2D eigenvalue weighted by atomic mass is 16.4. The number of carbonyl (C=O) groups excluding carboxylic acids is 1. The zero-order valence-corrected chi connectivity index (χ0v) is 17.6. The second-order valence-corrected chi connectivity index (χ2v) is 7.19. The van der Waals surface area contributed by atoms with Gasteiger partial charge in [0.15, 0.2) is 5.78 Å². The summed E-state index contributed by atoms with van der Waals surface area (Å²) in [6, 6.07) is 13.6. The molecule has 0 amide bonds. The molecule has 0 atom stereocenters. The molecule has 7 heteroatoms. The van der Waals surface area contributed by atoms with Crippen LogP contribution in [-0.4, -0.2) is 24.0 Å². The lowest BCUT2D eigenvalue weighted by Crippen LogP contribution is -2.21. The molecule has 0 spiro atoms. The molecule has 1 N–H and O–H groups in total. The number of hydrogen-bond donors (Lipinski definition) is 1. The van der Waals surface area contributed by atoms with Crippen LogP contribution in [0.3, 0.4) is 0 Å². The first-order valence-electron chi connectivity index (χ1n) is 10.2. The van der Waals surface area contributed by atoms with Crippen LogP contribution in [0.2, 0.25) is 0 Å². The summed E-state index contributed by atoms with van der Waals surface area (Å²) in [4.78, 5) is 39.4. The number of benzene rings is 2. The minimum atomic E-state index is -0.953. The van der Waals surface area contributed by atoms with Crippen LogP contribution in [0.25, 0.3) is 28.0 Å². The minimum absolute atomic E-state index is 0.145. The molecule has 0 aliphatic carbocycles. The Kier molecular flexibility index (Phi) is 5.64. The molecular formula is C25H21NO6. The summed E-state index contributed by atoms with van der Waals surface area (Å²) in [6.45, 7) is 5.74. The van der Waals surface area contributed by atoms with Crippen LogP contribution >= 0.6 is 0 Å². The molecule has 32 heavy (non-hydrogen) atoms. The third kappa shape index (κ3) is 3.80. The van der Waals surface area contributed by atoms with Crippen LogP contribution in [0.5, 0.6) is 5.75 Å². The number of para-hydroxylation sites is 1. The molecule has 7 nitrogen and oxygen atoms in total. The maximum absolute atomic E-state index is 12.6. The van der Waals surface area contributed by atoms with Crippen molar-refractivity contribution in [3.63, 3.8) is 0 Å². The Morgan fingerprint density at radius 1 is 0.969 bits per heavy atom. The van der Waals surface area contributed by atoms with Crippen molar-refractivity contribution in [2.24, 2.45) is 0 Å². The van der Waals surface area contributed by atoms with Crippen LogP contribution in [0.1, 0.15) is 29.8 Å². The lowest BCUT2D eigenvalue weighted by atomic mass is 10.1. The van der Waals surface area contributed by atoms with Gasteiger partial charge in [-0.2, -0.15) is 0 Å². The molecule has 4 aromatic rings. The van der Waals surface area contributed by atoms with Crippen LogP contribution in [0.4, 0.5) is 5.69 Å². The molecule has 0 bridgehead atoms. The molecule has 2 aromatic carbocycles. The summed E-state index contributed by atoms with van der Waals surface area (Å²) in [5.74, 6) is -1.24. The van der Waals surface area contributed by atoms with E-state index in [-0.39, 0.29) is 16.5 Å². The van der Waals surface area contributed by atoms with Gasteiger partial charge in [0.2, 0.25) is 0 Å². The van der Waals surface area contributed by atoms with Crippen molar-refractivity contribution in [2.75, 3.05) is 18.0 Å². The number of hydrogen-bond acceptors (Lipinski definition) is 7. The van der Waals surface area contributed by atoms with Gasteiger partial charge in [0, 0.05) is 30.2 Å². The Labute approximate surface area is 182 Å². The highest BCUT2D eigenvalue weighted by Gasteiger charge is 2.19. The normalized spacial score (nSPS) is 11.4. The third-order valence-corrected chi connectivity index (χ3v) is 5.32. The summed E-state index contributed by atoms with van der Waals surface area (Å²) in [7, 11) is 0. The monoisotopic (exact) mass is 431 g/mol. The number of allylic oxidation sites excluding steroid dienone is 1. The highest BCUT2D eigenvalue weighted by molar-refractivity contribution is 6.10. The predicted molar refractivity (Wildman–Crippen MR) is 124 cm³/mol. The summed E-state index contributed by atoms with van der Waals surface area (Å²) in [6.07, 6.45) is 2.31. The number of carbonyl (C=O) groups is 1. The van der Waals surface area contributed by atoms with Gasteiger partial charge in [0.25, 0.3) is 0 Å². The third-order valence-electron chi connectivity index (χ3n) is 5.32. The molecule has 2 heterocycles. The number of nitrogens with zero attached hydrogens (tertiary/aromatic N) is 1. The van der Waals surface area contributed by atoms with Gasteiger partial charge < -0.3 is 18.8 Å². The predicted octanol–water partition coefficient (Wildman–Crippen LogP) is 4.35. The van der Waals surface area contributed by atoms with Crippen molar-refractivity contribution >= 4 is 39.5 Å². The smallest absolute Gasteiger partial charge is 0.351 e. The number of rotatable bonds is 6. The van der Waals surface area contributed by atoms with Crippen LogP contribution in [-0.2, 0) is 0 Å². The van der Waals surface area contributed by atoms with Crippen molar-refractivity contribution in [3.8, 4) is 5.75 Å². The molecule has 0 unspecified atom stereocenters. The molecule has 0 radical (unpaired) electrons. The lowest BCUT2D eigenvalue weighted by molar-refractivity contribution is 0.104. The fourth-order valence-electron chi connectivity index (χ4n) is 3.62. The minimum Gasteiger partial charge on any atom is -0.506 e. The molecule has 162 valence electrons. The number of fused-ring (bicyclic) bond motifs is 2. The SMILES string of the molecule is CCN(CC)c1ccc2cc(C=CC(=O)c3c(O)c4ccccc4oc3=O)c(=O)oc2c1. The van der Waals surface area contributed by atoms with Crippen LogP contribution in [0, 0.1) is 0 Å². The largest absolute Gasteiger partial charge is 0.506 e. The Bertz CT molecular complexity index is 1470. The summed E-state index contributed by atoms with van der Waals surface area (Å²) < 4.78 is 10.6. The Morgan fingerprint density at radius 3 is 2.44 bits per heavy atom. The van der Waals surface area contributed by atoms with E-state index in [1.165, 1.54) is 12.1 Å². The van der Waals surface area contributed by atoms with Crippen LogP contribution < -0.4 is 16.2 Å². The fourth-order valence-corrected chi connectivity index (χ4v) is 3.62. The van der Waals surface area contributed by atoms with Gasteiger partial charge in [-0.15, -0.1) is 0 Å². The summed E-state index contributed by atoms with van der Waals surface area (Å²) in [5.41, 5.74) is -0.355. The van der Waals surface area contributed by atoms with Gasteiger partial charge in [0.1, 0.15) is 22.5 Å². The maximum Gasteiger partial charge on any atom is 0.351 e. The lowest BCUT2D eigenvalue weighted by Gasteiger charge is -2.20. The Morgan fingerprint density at radius 2 is 1.69 bits per heavy atom. The first kappa shape index (κ1) is 21.1. The van der Waals surface area contributed by atoms with Crippen molar-refractivity contribution in [2.45, 2.75) is 13.8 Å². The van der Waals surface area contributed by atoms with Gasteiger partial charge in [0.05, 0.1) is 10.9 Å². The zero-order valence-electron chi connectivity index (χ0n) is 17.6. The van der Waals surface area contributed by atoms with E-state index in [0.29, 0.717) is 11.0 Å². The zero-order chi connectivity index (χ0) is 22.8. The number of anilines is 1. The quantitative estimate of drug-likeness (QED) is 0.275. The van der Waals surface area contributed by atoms with Crippen LogP contribution in [0.15, 0.2) is 73.0 Å². The van der Waals surface area contributed by atoms with E-state index < -0.39 is 28.3 Å². The Balaban J connectivity index is 1.69. The first-order valence-corrected chi connectivity index (χ1v) is 10.2. The molecule has 4 rings (SSSR count). The van der Waals surface area contributed by atoms with Gasteiger partial charge in [-0.25, -0.2) is 9.59 Å². The highest BCUT2D eigenvalue weighted by Crippen LogP contribution is 2.27. The van der Waals surface area contributed by atoms with E-state index in [1.807, 2.05) is 26.0 Å². The van der Waals surface area contributed by atoms with E-state index in [2.05, 4.69) is 4.90 Å². The number of ketones is 1. The summed E-state index contributed by atoms with van der Waals surface area (Å²) >= 11 is 0. The fraction of sp³-hybridized carbons (Fsp3) is 0.160. The summed E-state index contributed by atoms with van der Waals surface area (Å²) in [5, 5.41) is 11.3. The molecule has 2 aromatic heterocycles. The average Bonchev–Trinajstić information content (AvgIpc) is 2.78. The molecule has 0 saturated heterocycles. The van der Waals surface area contributed by atoms with Gasteiger partial charge >= 0.3 is 11.3 Å². The maximum atomic E-state index is 12.6. The molecular weight excluding hydrogens is 410 g/mol. The van der Waals surface area contributed by atoms with E-state index in [1.54, 1.807) is 30.3 Å². The Hall–Kier alpha value is -4.13. The molecule has 0 aliphatic rings. The van der Waals surface area contributed by atoms with Crippen molar-refractivity contribution in [3.05, 3.63) is 86.6 Å². The first-order chi connectivity index (χ1) is 15.4. The number of aromatic hydroxyl groups is 1. The van der Waals surface area contributed by atoms with E-state index in [0.717, 1.165) is 24.9 Å². The van der Waals surface area contributed by atoms with Crippen molar-refractivity contribution in [1.29, 1.82) is 0 Å². The van der Waals surface area contributed by atoms with E-state index in [9.17, 15) is 19.5 Å². The topological polar surface area (TPSA) is 101 Å². The van der Waals surface area contributed by atoms with Crippen molar-refractivity contribution in [1.82, 2.24) is 0 Å². The van der Waals surface area contributed by atoms with Gasteiger partial charge in [-0.1, -0.05) is 12.1 Å². The second kappa shape index (κ2) is 8.55. The van der Waals surface area contributed by atoms with E-state index >= 15 is 0 Å². The molecule has 0 aliphatic heterocycles. The second-order valence-electron chi connectivity index (χ2n) is 7.19. The molecule has 0 saturated carbocycles. The van der Waals surface area contributed by atoms with Crippen molar-refractivity contribution < 1.29 is 18.7 Å². The standard InChI is InChI=1S/C25H21NO6/c1-3-26(4-2)17-11-9-15-13-16(24(29)32-21(15)14-17)10-12-19(27)22-23(28)18-7-5-6-8-20(18)31-25(22)30/h5-14,28H,3-4H2,1-2H3. The average molecular weight is 431 g/mol. The van der Waals surface area contributed by atoms with Gasteiger partial charge in [-0.3, -0.25) is 4.79 Å². The molecule has 0 fully saturated rings. The van der Waals surface area contributed by atoms with E-state index in [4.69, 9.17) is 8.83 Å². The van der Waals surface area contributed by atoms with Gasteiger partial charge in [-0.05, 0) is 56.3 Å².